The van der Waals surface area contributed by atoms with Crippen LogP contribution >= 0.6 is 0 Å². The van der Waals surface area contributed by atoms with Crippen molar-refractivity contribution in [3.8, 4) is 28.0 Å². The first-order valence-corrected chi connectivity index (χ1v) is 12.0. The van der Waals surface area contributed by atoms with Gasteiger partial charge in [-0.3, -0.25) is 0 Å². The monoisotopic (exact) mass is 480 g/mol. The minimum atomic E-state index is -4.76. The fraction of sp³-hybridized carbons (Fsp3) is 0.267. The number of hydrogen-bond acceptors (Lipinski definition) is 1. The van der Waals surface area contributed by atoms with Crippen molar-refractivity contribution in [1.82, 2.24) is 0 Å². The molecule has 0 saturated heterocycles. The SMILES string of the molecule is CCCCCCCc1ccc(-c2ccc3c(F)c(-c4ccc(OC(F)(F)F)cc4)ccc3c2)cc1. The standard InChI is InChI=1S/C30H28F4O/c1-2-3-4-5-6-7-21-8-10-22(11-9-21)24-14-18-28-25(20-24)15-19-27(29(28)31)23-12-16-26(17-13-23)35-30(32,33)34/h8-20H,2-7H2,1H3. The molecule has 0 radical (unpaired) electrons. The number of fused-ring (bicyclic) bond motifs is 1. The molecule has 0 bridgehead atoms. The lowest BCUT2D eigenvalue weighted by atomic mass is 9.96. The quantitative estimate of drug-likeness (QED) is 0.171. The Labute approximate surface area is 203 Å². The zero-order valence-corrected chi connectivity index (χ0v) is 19.7. The Morgan fingerprint density at radius 2 is 1.34 bits per heavy atom. The molecule has 4 aromatic carbocycles. The Morgan fingerprint density at radius 3 is 2.03 bits per heavy atom. The van der Waals surface area contributed by atoms with Gasteiger partial charge in [0, 0.05) is 10.9 Å². The molecule has 0 spiro atoms. The van der Waals surface area contributed by atoms with E-state index < -0.39 is 12.2 Å². The van der Waals surface area contributed by atoms with E-state index in [0.717, 1.165) is 22.9 Å². The molecule has 0 unspecified atom stereocenters. The molecule has 0 saturated carbocycles. The predicted molar refractivity (Wildman–Crippen MR) is 134 cm³/mol. The van der Waals surface area contributed by atoms with Gasteiger partial charge in [-0.25, -0.2) is 4.39 Å². The van der Waals surface area contributed by atoms with Gasteiger partial charge in [-0.15, -0.1) is 13.2 Å². The molecule has 0 N–H and O–H groups in total. The lowest BCUT2D eigenvalue weighted by Crippen LogP contribution is -2.16. The van der Waals surface area contributed by atoms with Gasteiger partial charge in [0.1, 0.15) is 11.6 Å². The van der Waals surface area contributed by atoms with E-state index in [1.165, 1.54) is 61.9 Å². The first kappa shape index (κ1) is 24.8. The van der Waals surface area contributed by atoms with Crippen LogP contribution in [0.2, 0.25) is 0 Å². The molecule has 0 aliphatic carbocycles. The lowest BCUT2D eigenvalue weighted by Gasteiger charge is -2.11. The Bertz CT molecular complexity index is 1260. The van der Waals surface area contributed by atoms with Crippen LogP contribution in [0, 0.1) is 5.82 Å². The molecule has 4 rings (SSSR count). The van der Waals surface area contributed by atoms with Gasteiger partial charge in [0.05, 0.1) is 0 Å². The largest absolute Gasteiger partial charge is 0.573 e. The van der Waals surface area contributed by atoms with Gasteiger partial charge in [0.25, 0.3) is 0 Å². The van der Waals surface area contributed by atoms with Crippen molar-refractivity contribution in [2.24, 2.45) is 0 Å². The Balaban J connectivity index is 1.50. The zero-order chi connectivity index (χ0) is 24.8. The highest BCUT2D eigenvalue weighted by Gasteiger charge is 2.31. The van der Waals surface area contributed by atoms with Crippen molar-refractivity contribution in [3.63, 3.8) is 0 Å². The number of benzene rings is 4. The fourth-order valence-corrected chi connectivity index (χ4v) is 4.33. The van der Waals surface area contributed by atoms with Crippen LogP contribution in [0.4, 0.5) is 17.6 Å². The number of unbranched alkanes of at least 4 members (excludes halogenated alkanes) is 4. The third kappa shape index (κ3) is 6.41. The van der Waals surface area contributed by atoms with Crippen LogP contribution in [-0.4, -0.2) is 6.36 Å². The smallest absolute Gasteiger partial charge is 0.406 e. The Kier molecular flexibility index (Phi) is 7.74. The Morgan fingerprint density at radius 1 is 0.686 bits per heavy atom. The van der Waals surface area contributed by atoms with Gasteiger partial charge in [0.15, 0.2) is 0 Å². The maximum Gasteiger partial charge on any atom is 0.573 e. The average Bonchev–Trinajstić information content (AvgIpc) is 2.84. The molecule has 1 nitrogen and oxygen atoms in total. The maximum atomic E-state index is 15.3. The molecule has 0 aromatic heterocycles. The van der Waals surface area contributed by atoms with Crippen molar-refractivity contribution in [2.45, 2.75) is 51.8 Å². The summed E-state index contributed by atoms with van der Waals surface area (Å²) >= 11 is 0. The highest BCUT2D eigenvalue weighted by Crippen LogP contribution is 2.33. The second kappa shape index (κ2) is 10.9. The van der Waals surface area contributed by atoms with Crippen LogP contribution in [-0.2, 0) is 6.42 Å². The van der Waals surface area contributed by atoms with Gasteiger partial charge in [-0.05, 0) is 58.7 Å². The second-order valence-corrected chi connectivity index (χ2v) is 8.80. The van der Waals surface area contributed by atoms with Gasteiger partial charge in [-0.2, -0.15) is 0 Å². The summed E-state index contributed by atoms with van der Waals surface area (Å²) in [5.74, 6) is -0.744. The summed E-state index contributed by atoms with van der Waals surface area (Å²) in [7, 11) is 0. The van der Waals surface area contributed by atoms with Crippen LogP contribution in [0.15, 0.2) is 78.9 Å². The van der Waals surface area contributed by atoms with E-state index in [1.54, 1.807) is 12.1 Å². The molecule has 0 fully saturated rings. The van der Waals surface area contributed by atoms with E-state index >= 15 is 4.39 Å². The predicted octanol–water partition coefficient (Wildman–Crippen LogP) is 9.72. The minimum Gasteiger partial charge on any atom is -0.406 e. The molecular weight excluding hydrogens is 452 g/mol. The third-order valence-corrected chi connectivity index (χ3v) is 6.21. The third-order valence-electron chi connectivity index (χ3n) is 6.21. The van der Waals surface area contributed by atoms with Crippen LogP contribution in [0.1, 0.15) is 44.6 Å². The maximum absolute atomic E-state index is 15.3. The fourth-order valence-electron chi connectivity index (χ4n) is 4.33. The number of alkyl halides is 3. The molecule has 4 aromatic rings. The van der Waals surface area contributed by atoms with E-state index in [0.29, 0.717) is 16.5 Å². The van der Waals surface area contributed by atoms with Crippen molar-refractivity contribution in [1.29, 1.82) is 0 Å². The van der Waals surface area contributed by atoms with E-state index in [1.807, 2.05) is 18.2 Å². The topological polar surface area (TPSA) is 9.23 Å². The van der Waals surface area contributed by atoms with E-state index in [-0.39, 0.29) is 5.75 Å². The van der Waals surface area contributed by atoms with Crippen LogP contribution in [0.25, 0.3) is 33.0 Å². The summed E-state index contributed by atoms with van der Waals surface area (Å²) in [4.78, 5) is 0. The van der Waals surface area contributed by atoms with E-state index in [2.05, 4.69) is 35.9 Å². The highest BCUT2D eigenvalue weighted by molar-refractivity contribution is 5.91. The summed E-state index contributed by atoms with van der Waals surface area (Å²) in [6.07, 6.45) is 2.63. The van der Waals surface area contributed by atoms with Crippen molar-refractivity contribution in [3.05, 3.63) is 90.2 Å². The van der Waals surface area contributed by atoms with Crippen molar-refractivity contribution >= 4 is 10.8 Å². The lowest BCUT2D eigenvalue weighted by molar-refractivity contribution is -0.274. The summed E-state index contributed by atoms with van der Waals surface area (Å²) in [6.45, 7) is 2.22. The van der Waals surface area contributed by atoms with Crippen LogP contribution in [0.3, 0.4) is 0 Å². The first-order chi connectivity index (χ1) is 16.8. The first-order valence-electron chi connectivity index (χ1n) is 12.0. The van der Waals surface area contributed by atoms with Gasteiger partial charge in [0.2, 0.25) is 0 Å². The second-order valence-electron chi connectivity index (χ2n) is 8.80. The molecular formula is C30H28F4O. The summed E-state index contributed by atoms with van der Waals surface area (Å²) in [5.41, 5.74) is 4.22. The molecule has 0 aliphatic rings. The Hall–Kier alpha value is -3.34. The molecule has 0 heterocycles. The van der Waals surface area contributed by atoms with Crippen molar-refractivity contribution < 1.29 is 22.3 Å². The molecule has 182 valence electrons. The number of ether oxygens (including phenoxy) is 1. The molecule has 0 aliphatic heterocycles. The highest BCUT2D eigenvalue weighted by atomic mass is 19.4. The number of hydrogen-bond donors (Lipinski definition) is 0. The van der Waals surface area contributed by atoms with Gasteiger partial charge < -0.3 is 4.74 Å². The van der Waals surface area contributed by atoms with Crippen LogP contribution < -0.4 is 4.74 Å². The minimum absolute atomic E-state index is 0.326. The zero-order valence-electron chi connectivity index (χ0n) is 19.7. The van der Waals surface area contributed by atoms with Gasteiger partial charge >= 0.3 is 6.36 Å². The van der Waals surface area contributed by atoms with E-state index in [9.17, 15) is 13.2 Å². The molecule has 35 heavy (non-hydrogen) atoms. The van der Waals surface area contributed by atoms with Gasteiger partial charge in [-0.1, -0.05) is 93.3 Å². The summed E-state index contributed by atoms with van der Waals surface area (Å²) in [5, 5.41) is 1.23. The average molecular weight is 481 g/mol. The summed E-state index contributed by atoms with van der Waals surface area (Å²) < 4.78 is 56.3. The molecule has 0 amide bonds. The normalized spacial score (nSPS) is 11.7. The van der Waals surface area contributed by atoms with E-state index in [4.69, 9.17) is 0 Å². The number of aryl methyl sites for hydroxylation is 1. The van der Waals surface area contributed by atoms with Crippen LogP contribution in [0.5, 0.6) is 5.75 Å². The molecule has 0 atom stereocenters. The van der Waals surface area contributed by atoms with Crippen molar-refractivity contribution in [2.75, 3.05) is 0 Å². The summed E-state index contributed by atoms with van der Waals surface area (Å²) in [6, 6.07) is 22.9. The molecule has 5 heteroatoms. The number of rotatable bonds is 9. The number of halogens is 4.